The number of benzene rings is 1. The normalized spacial score (nSPS) is 14.4. The van der Waals surface area contributed by atoms with Crippen molar-refractivity contribution in [3.63, 3.8) is 0 Å². The van der Waals surface area contributed by atoms with Gasteiger partial charge >= 0.3 is 0 Å². The molecule has 0 bridgehead atoms. The van der Waals surface area contributed by atoms with Crippen molar-refractivity contribution < 1.29 is 0 Å². The van der Waals surface area contributed by atoms with Crippen LogP contribution in [-0.4, -0.2) is 0 Å². The van der Waals surface area contributed by atoms with Crippen LogP contribution in [0.4, 0.5) is 0 Å². The fourth-order valence-electron chi connectivity index (χ4n) is 1.51. The molecule has 0 radical (unpaired) electrons. The summed E-state index contributed by atoms with van der Waals surface area (Å²) >= 11 is 0. The first-order chi connectivity index (χ1) is 5.27. The molecule has 1 aliphatic carbocycles. The molecule has 0 aliphatic heterocycles. The highest BCUT2D eigenvalue weighted by molar-refractivity contribution is 5.55. The van der Waals surface area contributed by atoms with Crippen LogP contribution in [0.3, 0.4) is 0 Å². The number of hydrogen-bond acceptors (Lipinski definition) is 0. The summed E-state index contributed by atoms with van der Waals surface area (Å²) in [6.45, 7) is 7.88. The fraction of sp³-hybridized carbons (Fsp3) is 0.0909. The number of hydrogen-bond donors (Lipinski definition) is 0. The summed E-state index contributed by atoms with van der Waals surface area (Å²) in [6.07, 6.45) is 3.12. The zero-order chi connectivity index (χ0) is 7.84. The van der Waals surface area contributed by atoms with Crippen LogP contribution in [0.5, 0.6) is 0 Å². The van der Waals surface area contributed by atoms with Crippen LogP contribution < -0.4 is 10.4 Å². The maximum absolute atomic E-state index is 3.95. The summed E-state index contributed by atoms with van der Waals surface area (Å²) in [4.78, 5) is 0. The van der Waals surface area contributed by atoms with Gasteiger partial charge in [-0.1, -0.05) is 43.0 Å². The summed E-state index contributed by atoms with van der Waals surface area (Å²) in [7, 11) is 0. The first-order valence-corrected chi connectivity index (χ1v) is 3.74. The van der Waals surface area contributed by atoms with E-state index < -0.39 is 0 Å². The lowest BCUT2D eigenvalue weighted by molar-refractivity contribution is 1.25. The lowest BCUT2D eigenvalue weighted by atomic mass is 10.1. The SMILES string of the molecule is C=C1C=c2c(cccc2=C)C1. The molecule has 0 aromatic heterocycles. The molecular weight excluding hydrogens is 132 g/mol. The topological polar surface area (TPSA) is 0 Å². The largest absolute Gasteiger partial charge is 0.0955 e. The Hall–Kier alpha value is -1.30. The molecule has 11 heavy (non-hydrogen) atoms. The van der Waals surface area contributed by atoms with E-state index in [1.165, 1.54) is 16.4 Å². The summed E-state index contributed by atoms with van der Waals surface area (Å²) in [6, 6.07) is 6.22. The lowest BCUT2D eigenvalue weighted by Crippen LogP contribution is -2.23. The smallest absolute Gasteiger partial charge is 0.00253 e. The average molecular weight is 142 g/mol. The maximum Gasteiger partial charge on any atom is -0.00253 e. The molecule has 1 aromatic carbocycles. The molecule has 1 aliphatic rings. The van der Waals surface area contributed by atoms with Crippen LogP contribution in [0, 0.1) is 0 Å². The van der Waals surface area contributed by atoms with Gasteiger partial charge in [0.25, 0.3) is 0 Å². The zero-order valence-electron chi connectivity index (χ0n) is 6.43. The van der Waals surface area contributed by atoms with E-state index in [4.69, 9.17) is 0 Å². The minimum atomic E-state index is 0.999. The summed E-state index contributed by atoms with van der Waals surface area (Å²) in [5, 5.41) is 2.39. The van der Waals surface area contributed by atoms with Crippen LogP contribution in [0.2, 0.25) is 0 Å². The van der Waals surface area contributed by atoms with Crippen molar-refractivity contribution in [1.29, 1.82) is 0 Å². The molecule has 1 aromatic rings. The van der Waals surface area contributed by atoms with E-state index in [1.54, 1.807) is 0 Å². The monoisotopic (exact) mass is 142 g/mol. The van der Waals surface area contributed by atoms with Gasteiger partial charge in [-0.2, -0.15) is 0 Å². The van der Waals surface area contributed by atoms with Crippen molar-refractivity contribution in [2.24, 2.45) is 0 Å². The van der Waals surface area contributed by atoms with Gasteiger partial charge < -0.3 is 0 Å². The van der Waals surface area contributed by atoms with Crippen molar-refractivity contribution in [2.45, 2.75) is 6.42 Å². The fourth-order valence-corrected chi connectivity index (χ4v) is 1.51. The Morgan fingerprint density at radius 1 is 1.18 bits per heavy atom. The second-order valence-electron chi connectivity index (χ2n) is 2.97. The van der Waals surface area contributed by atoms with E-state index >= 15 is 0 Å². The van der Waals surface area contributed by atoms with E-state index in [9.17, 15) is 0 Å². The van der Waals surface area contributed by atoms with E-state index in [-0.39, 0.29) is 0 Å². The standard InChI is InChI=1S/C11H10/c1-8-6-10-5-3-4-9(2)11(10)7-8/h3-5,7H,1-2,6H2. The number of fused-ring (bicyclic) bond motifs is 1. The second kappa shape index (κ2) is 2.09. The quantitative estimate of drug-likeness (QED) is 0.506. The first-order valence-electron chi connectivity index (χ1n) is 3.74. The van der Waals surface area contributed by atoms with E-state index in [1.807, 2.05) is 12.1 Å². The Labute approximate surface area is 66.2 Å². The minimum Gasteiger partial charge on any atom is -0.0955 e. The van der Waals surface area contributed by atoms with Gasteiger partial charge in [-0.3, -0.25) is 0 Å². The Balaban J connectivity index is 2.88. The average Bonchev–Trinajstić information content (AvgIpc) is 2.31. The third-order valence-corrected chi connectivity index (χ3v) is 2.05. The van der Waals surface area contributed by atoms with Crippen molar-refractivity contribution in [2.75, 3.05) is 0 Å². The molecule has 0 saturated carbocycles. The Morgan fingerprint density at radius 2 is 2.00 bits per heavy atom. The Kier molecular flexibility index (Phi) is 1.22. The Bertz CT molecular complexity index is 410. The zero-order valence-corrected chi connectivity index (χ0v) is 6.43. The van der Waals surface area contributed by atoms with Gasteiger partial charge in [0, 0.05) is 0 Å². The molecule has 2 rings (SSSR count). The van der Waals surface area contributed by atoms with Crippen LogP contribution in [-0.2, 0) is 6.42 Å². The first kappa shape index (κ1) is 6.41. The highest BCUT2D eigenvalue weighted by Crippen LogP contribution is 2.07. The van der Waals surface area contributed by atoms with Gasteiger partial charge in [-0.15, -0.1) is 0 Å². The maximum atomic E-state index is 3.95. The summed E-state index contributed by atoms with van der Waals surface area (Å²) in [5.74, 6) is 0. The third kappa shape index (κ3) is 0.911. The van der Waals surface area contributed by atoms with Crippen LogP contribution >= 0.6 is 0 Å². The highest BCUT2D eigenvalue weighted by Gasteiger charge is 2.04. The van der Waals surface area contributed by atoms with Crippen LogP contribution in [0.25, 0.3) is 12.7 Å². The Morgan fingerprint density at radius 3 is 2.73 bits per heavy atom. The molecular formula is C11H10. The van der Waals surface area contributed by atoms with Gasteiger partial charge in [0.05, 0.1) is 0 Å². The molecule has 0 atom stereocenters. The molecule has 0 fully saturated rings. The lowest BCUT2D eigenvalue weighted by Gasteiger charge is -1.91. The van der Waals surface area contributed by atoms with E-state index in [2.05, 4.69) is 25.3 Å². The van der Waals surface area contributed by atoms with Crippen molar-refractivity contribution in [3.05, 3.63) is 46.4 Å². The van der Waals surface area contributed by atoms with Crippen LogP contribution in [0.15, 0.2) is 30.4 Å². The van der Waals surface area contributed by atoms with Gasteiger partial charge in [-0.25, -0.2) is 0 Å². The molecule has 0 heteroatoms. The van der Waals surface area contributed by atoms with Crippen molar-refractivity contribution in [1.82, 2.24) is 0 Å². The molecule has 0 unspecified atom stereocenters. The number of allylic oxidation sites excluding steroid dienone is 1. The second-order valence-corrected chi connectivity index (χ2v) is 2.97. The van der Waals surface area contributed by atoms with E-state index in [0.29, 0.717) is 0 Å². The molecule has 0 spiro atoms. The van der Waals surface area contributed by atoms with Crippen molar-refractivity contribution >= 4 is 12.7 Å². The molecule has 0 amide bonds. The van der Waals surface area contributed by atoms with Gasteiger partial charge in [0.1, 0.15) is 0 Å². The predicted octanol–water partition coefficient (Wildman–Crippen LogP) is 0.990. The highest BCUT2D eigenvalue weighted by atomic mass is 14.1. The molecule has 0 heterocycles. The molecule has 54 valence electrons. The third-order valence-electron chi connectivity index (χ3n) is 2.05. The van der Waals surface area contributed by atoms with Gasteiger partial charge in [-0.05, 0) is 22.4 Å². The van der Waals surface area contributed by atoms with Gasteiger partial charge in [0.15, 0.2) is 0 Å². The predicted molar refractivity (Wildman–Crippen MR) is 48.5 cm³/mol. The summed E-state index contributed by atoms with van der Waals surface area (Å²) in [5.41, 5.74) is 2.55. The van der Waals surface area contributed by atoms with E-state index in [0.717, 1.165) is 11.6 Å². The molecule has 0 nitrogen and oxygen atoms in total. The molecule has 0 N–H and O–H groups in total. The van der Waals surface area contributed by atoms with Crippen LogP contribution in [0.1, 0.15) is 5.56 Å². The van der Waals surface area contributed by atoms with Crippen molar-refractivity contribution in [3.8, 4) is 0 Å². The minimum absolute atomic E-state index is 0.999. The molecule has 0 saturated heterocycles. The summed E-state index contributed by atoms with van der Waals surface area (Å²) < 4.78 is 0. The van der Waals surface area contributed by atoms with Gasteiger partial charge in [0.2, 0.25) is 0 Å². The number of rotatable bonds is 0.